The van der Waals surface area contributed by atoms with Gasteiger partial charge in [0.05, 0.1) is 27.4 Å². The second kappa shape index (κ2) is 13.8. The highest BCUT2D eigenvalue weighted by Crippen LogP contribution is 2.33. The molecule has 2 aromatic carbocycles. The van der Waals surface area contributed by atoms with Crippen molar-refractivity contribution in [2.75, 3.05) is 47.1 Å². The van der Waals surface area contributed by atoms with Gasteiger partial charge in [0.2, 0.25) is 0 Å². The molecule has 1 atom stereocenters. The van der Waals surface area contributed by atoms with Gasteiger partial charge < -0.3 is 14.2 Å². The normalized spacial score (nSPS) is 14.8. The van der Waals surface area contributed by atoms with Crippen molar-refractivity contribution in [3.8, 4) is 11.5 Å². The van der Waals surface area contributed by atoms with Crippen molar-refractivity contribution >= 4 is 0 Å². The third kappa shape index (κ3) is 8.00. The zero-order valence-corrected chi connectivity index (χ0v) is 19.1. The van der Waals surface area contributed by atoms with Crippen LogP contribution in [0, 0.1) is 5.82 Å². The Morgan fingerprint density at radius 1 is 1.00 bits per heavy atom. The molecule has 1 heterocycles. The summed E-state index contributed by atoms with van der Waals surface area (Å²) in [6.07, 6.45) is 5.88. The summed E-state index contributed by atoms with van der Waals surface area (Å²) in [5, 5.41) is 0. The van der Waals surface area contributed by atoms with Gasteiger partial charge in [-0.2, -0.15) is 0 Å². The van der Waals surface area contributed by atoms with Crippen LogP contribution in [0.2, 0.25) is 0 Å². The molecule has 1 fully saturated rings. The molecule has 1 aliphatic heterocycles. The lowest BCUT2D eigenvalue weighted by Gasteiger charge is -2.26. The van der Waals surface area contributed by atoms with E-state index in [-0.39, 0.29) is 11.7 Å². The number of benzene rings is 2. The summed E-state index contributed by atoms with van der Waals surface area (Å²) in [5.74, 6) is 1.08. The Balaban J connectivity index is 0.000000262. The van der Waals surface area contributed by atoms with Crippen LogP contribution in [0.3, 0.4) is 0 Å². The Morgan fingerprint density at radius 3 is 2.23 bits per heavy atom. The summed E-state index contributed by atoms with van der Waals surface area (Å²) < 4.78 is 28.8. The summed E-state index contributed by atoms with van der Waals surface area (Å²) in [7, 11) is 3.20. The van der Waals surface area contributed by atoms with Crippen LogP contribution in [0.1, 0.15) is 43.2 Å². The third-order valence-electron chi connectivity index (χ3n) is 5.41. The van der Waals surface area contributed by atoms with Gasteiger partial charge in [0.1, 0.15) is 5.82 Å². The summed E-state index contributed by atoms with van der Waals surface area (Å²) in [6, 6.07) is 12.1. The van der Waals surface area contributed by atoms with Gasteiger partial charge in [0.25, 0.3) is 0 Å². The first-order valence-electron chi connectivity index (χ1n) is 11.0. The number of halogens is 1. The zero-order chi connectivity index (χ0) is 22.5. The monoisotopic (exact) mass is 429 g/mol. The Bertz CT molecular complexity index is 773. The molecular formula is C26H36FNO3. The molecular weight excluding hydrogens is 393 g/mol. The highest BCUT2D eigenvalue weighted by atomic mass is 19.1. The average Bonchev–Trinajstić information content (AvgIpc) is 2.82. The number of allylic oxidation sites excluding steroid dienone is 1. The molecule has 0 spiro atoms. The van der Waals surface area contributed by atoms with E-state index in [0.29, 0.717) is 11.5 Å². The van der Waals surface area contributed by atoms with E-state index in [1.165, 1.54) is 37.9 Å². The van der Waals surface area contributed by atoms with Crippen molar-refractivity contribution in [3.05, 3.63) is 72.1 Å². The Kier molecular flexibility index (Phi) is 11.1. The van der Waals surface area contributed by atoms with Crippen molar-refractivity contribution < 1.29 is 18.6 Å². The zero-order valence-electron chi connectivity index (χ0n) is 19.1. The largest absolute Gasteiger partial charge is 0.493 e. The number of hydrogen-bond acceptors (Lipinski definition) is 4. The number of nitrogens with zero attached hydrogens (tertiary/aromatic N) is 1. The number of methoxy groups -OCH3 is 2. The van der Waals surface area contributed by atoms with Crippen LogP contribution in [0.5, 0.6) is 11.5 Å². The molecule has 0 radical (unpaired) electrons. The van der Waals surface area contributed by atoms with Crippen LogP contribution in [-0.4, -0.2) is 52.0 Å². The number of morpholine rings is 1. The maximum absolute atomic E-state index is 13.0. The first kappa shape index (κ1) is 24.9. The van der Waals surface area contributed by atoms with Gasteiger partial charge in [-0.15, -0.1) is 6.58 Å². The summed E-state index contributed by atoms with van der Waals surface area (Å²) in [5.41, 5.74) is 2.00. The Hall–Kier alpha value is -2.37. The van der Waals surface area contributed by atoms with E-state index in [0.717, 1.165) is 37.4 Å². The van der Waals surface area contributed by atoms with Crippen molar-refractivity contribution in [2.24, 2.45) is 0 Å². The van der Waals surface area contributed by atoms with Crippen molar-refractivity contribution in [1.29, 1.82) is 0 Å². The minimum Gasteiger partial charge on any atom is -0.493 e. The number of hydrogen-bond donors (Lipinski definition) is 0. The molecule has 5 heteroatoms. The van der Waals surface area contributed by atoms with Crippen molar-refractivity contribution in [3.63, 3.8) is 0 Å². The van der Waals surface area contributed by atoms with Gasteiger partial charge in [-0.1, -0.05) is 44.0 Å². The fourth-order valence-electron chi connectivity index (χ4n) is 3.59. The maximum atomic E-state index is 13.0. The number of ether oxygens (including phenoxy) is 3. The van der Waals surface area contributed by atoms with Gasteiger partial charge in [-0.3, -0.25) is 4.90 Å². The molecule has 1 saturated heterocycles. The van der Waals surface area contributed by atoms with Crippen LogP contribution in [0.4, 0.5) is 4.39 Å². The van der Waals surface area contributed by atoms with Crippen LogP contribution < -0.4 is 9.47 Å². The highest BCUT2D eigenvalue weighted by Gasteiger charge is 2.13. The number of rotatable bonds is 9. The first-order chi connectivity index (χ1) is 15.1. The first-order valence-corrected chi connectivity index (χ1v) is 11.0. The van der Waals surface area contributed by atoms with Crippen molar-refractivity contribution in [2.45, 2.75) is 32.1 Å². The van der Waals surface area contributed by atoms with Gasteiger partial charge in [-0.25, -0.2) is 4.39 Å². The van der Waals surface area contributed by atoms with Gasteiger partial charge in [-0.05, 0) is 48.4 Å². The van der Waals surface area contributed by atoms with E-state index in [9.17, 15) is 4.39 Å². The molecule has 1 unspecified atom stereocenters. The maximum Gasteiger partial charge on any atom is 0.161 e. The van der Waals surface area contributed by atoms with Crippen molar-refractivity contribution in [1.82, 2.24) is 4.90 Å². The summed E-state index contributed by atoms with van der Waals surface area (Å²) >= 11 is 0. The Morgan fingerprint density at radius 2 is 1.65 bits per heavy atom. The van der Waals surface area contributed by atoms with E-state index in [1.807, 2.05) is 24.3 Å². The highest BCUT2D eigenvalue weighted by molar-refractivity contribution is 5.47. The molecule has 1 aliphatic rings. The fourth-order valence-corrected chi connectivity index (χ4v) is 3.59. The molecule has 0 aliphatic carbocycles. The molecule has 31 heavy (non-hydrogen) atoms. The molecule has 0 amide bonds. The van der Waals surface area contributed by atoms with E-state index in [1.54, 1.807) is 26.4 Å². The summed E-state index contributed by atoms with van der Waals surface area (Å²) in [6.45, 7) is 11.6. The minimum absolute atomic E-state index is 0.0181. The van der Waals surface area contributed by atoms with E-state index < -0.39 is 0 Å². The van der Waals surface area contributed by atoms with E-state index in [4.69, 9.17) is 14.2 Å². The SMILES string of the molecule is C=CC(c1ccc(F)cc1)c1ccc(OC)c(OC)c1.CCCCCN1CCOCC1. The van der Waals surface area contributed by atoms with Gasteiger partial charge >= 0.3 is 0 Å². The topological polar surface area (TPSA) is 30.9 Å². The molecule has 4 nitrogen and oxygen atoms in total. The Labute approximate surface area is 186 Å². The standard InChI is InChI=1S/C17H17FO2.C9H19NO/c1-4-15(12-5-8-14(18)9-6-12)13-7-10-16(19-2)17(11-13)20-3;1-2-3-4-5-10-6-8-11-9-7-10/h4-11,15H,1H2,2-3H3;2-9H2,1H3. The minimum atomic E-state index is -0.246. The molecule has 0 aromatic heterocycles. The lowest BCUT2D eigenvalue weighted by Crippen LogP contribution is -2.36. The average molecular weight is 430 g/mol. The predicted molar refractivity (Wildman–Crippen MR) is 125 cm³/mol. The van der Waals surface area contributed by atoms with Gasteiger partial charge in [0.15, 0.2) is 11.5 Å². The van der Waals surface area contributed by atoms with Crippen LogP contribution in [0.25, 0.3) is 0 Å². The summed E-state index contributed by atoms with van der Waals surface area (Å²) in [4.78, 5) is 2.50. The third-order valence-corrected chi connectivity index (χ3v) is 5.41. The fraction of sp³-hybridized carbons (Fsp3) is 0.462. The quantitative estimate of drug-likeness (QED) is 0.380. The van der Waals surface area contributed by atoms with Gasteiger partial charge in [0, 0.05) is 19.0 Å². The predicted octanol–water partition coefficient (Wildman–Crippen LogP) is 5.67. The van der Waals surface area contributed by atoms with Crippen LogP contribution >= 0.6 is 0 Å². The molecule has 0 N–H and O–H groups in total. The second-order valence-electron chi connectivity index (χ2n) is 7.54. The molecule has 0 saturated carbocycles. The molecule has 3 rings (SSSR count). The lowest BCUT2D eigenvalue weighted by atomic mass is 9.91. The number of unbranched alkanes of at least 4 members (excludes halogenated alkanes) is 2. The molecule has 170 valence electrons. The molecule has 2 aromatic rings. The molecule has 0 bridgehead atoms. The van der Waals surface area contributed by atoms with Crippen LogP contribution in [-0.2, 0) is 4.74 Å². The smallest absolute Gasteiger partial charge is 0.161 e. The van der Waals surface area contributed by atoms with E-state index in [2.05, 4.69) is 18.4 Å². The second-order valence-corrected chi connectivity index (χ2v) is 7.54. The van der Waals surface area contributed by atoms with Crippen LogP contribution in [0.15, 0.2) is 55.1 Å². The lowest BCUT2D eigenvalue weighted by molar-refractivity contribution is 0.0372. The van der Waals surface area contributed by atoms with E-state index >= 15 is 0 Å².